The van der Waals surface area contributed by atoms with Gasteiger partial charge in [0.15, 0.2) is 0 Å². The lowest BCUT2D eigenvalue weighted by atomic mass is 9.95. The minimum atomic E-state index is -0.265. The van der Waals surface area contributed by atoms with Gasteiger partial charge in [-0.1, -0.05) is 18.6 Å². The van der Waals surface area contributed by atoms with Crippen molar-refractivity contribution in [3.63, 3.8) is 0 Å². The Morgan fingerprint density at radius 3 is 2.85 bits per heavy atom. The molecule has 1 fully saturated rings. The van der Waals surface area contributed by atoms with E-state index in [0.29, 0.717) is 19.0 Å². The summed E-state index contributed by atoms with van der Waals surface area (Å²) in [7, 11) is 1.78. The maximum atomic E-state index is 13.1. The molecule has 1 saturated carbocycles. The van der Waals surface area contributed by atoms with Gasteiger partial charge in [-0.05, 0) is 43.0 Å². The van der Waals surface area contributed by atoms with Crippen molar-refractivity contribution in [2.24, 2.45) is 17.6 Å². The lowest BCUT2D eigenvalue weighted by Crippen LogP contribution is -2.36. The fourth-order valence-corrected chi connectivity index (χ4v) is 2.91. The second kappa shape index (κ2) is 7.60. The number of benzene rings is 1. The molecule has 0 bridgehead atoms. The summed E-state index contributed by atoms with van der Waals surface area (Å²) < 4.78 is 13.1. The average Bonchev–Trinajstić information content (AvgIpc) is 2.86. The molecular formula is C15H22ClFN2O. The van der Waals surface area contributed by atoms with Gasteiger partial charge in [0, 0.05) is 19.5 Å². The molecule has 3 nitrogen and oxygen atoms in total. The maximum Gasteiger partial charge on any atom is 0.226 e. The van der Waals surface area contributed by atoms with Crippen molar-refractivity contribution < 1.29 is 9.18 Å². The third-order valence-electron chi connectivity index (χ3n) is 3.96. The highest BCUT2D eigenvalue weighted by Crippen LogP contribution is 2.32. The quantitative estimate of drug-likeness (QED) is 0.929. The Morgan fingerprint density at radius 2 is 2.20 bits per heavy atom. The van der Waals surface area contributed by atoms with Gasteiger partial charge in [-0.15, -0.1) is 12.4 Å². The highest BCUT2D eigenvalue weighted by Gasteiger charge is 2.33. The number of halogens is 2. The molecule has 0 radical (unpaired) electrons. The fourth-order valence-electron chi connectivity index (χ4n) is 2.91. The Balaban J connectivity index is 0.00000200. The topological polar surface area (TPSA) is 46.3 Å². The second-order valence-electron chi connectivity index (χ2n) is 5.36. The number of carbonyl (C=O) groups excluding carboxylic acids is 1. The molecule has 2 N–H and O–H groups in total. The number of rotatable bonds is 4. The van der Waals surface area contributed by atoms with Crippen LogP contribution in [0.2, 0.25) is 0 Å². The zero-order valence-electron chi connectivity index (χ0n) is 11.7. The molecule has 5 heteroatoms. The van der Waals surface area contributed by atoms with Crippen molar-refractivity contribution in [1.29, 1.82) is 0 Å². The van der Waals surface area contributed by atoms with Crippen LogP contribution in [0.1, 0.15) is 24.8 Å². The van der Waals surface area contributed by atoms with Crippen LogP contribution in [0.3, 0.4) is 0 Å². The third kappa shape index (κ3) is 3.93. The molecule has 1 aromatic carbocycles. The summed E-state index contributed by atoms with van der Waals surface area (Å²) in [6, 6.07) is 6.38. The zero-order chi connectivity index (χ0) is 13.8. The van der Waals surface area contributed by atoms with E-state index in [9.17, 15) is 9.18 Å². The van der Waals surface area contributed by atoms with Crippen molar-refractivity contribution in [2.45, 2.75) is 25.8 Å². The van der Waals surface area contributed by atoms with E-state index in [-0.39, 0.29) is 30.0 Å². The largest absolute Gasteiger partial charge is 0.341 e. The SMILES string of the molecule is CN(Cc1cccc(F)c1)C(=O)[C@@H]1CCC[C@@H]1CN.Cl. The van der Waals surface area contributed by atoms with E-state index in [1.54, 1.807) is 18.0 Å². The first kappa shape index (κ1) is 16.9. The van der Waals surface area contributed by atoms with E-state index >= 15 is 0 Å². The fraction of sp³-hybridized carbons (Fsp3) is 0.533. The molecule has 2 atom stereocenters. The predicted octanol–water partition coefficient (Wildman–Crippen LogP) is 2.58. The van der Waals surface area contributed by atoms with Crippen molar-refractivity contribution in [3.8, 4) is 0 Å². The van der Waals surface area contributed by atoms with Crippen LogP contribution in [0.4, 0.5) is 4.39 Å². The van der Waals surface area contributed by atoms with Gasteiger partial charge in [-0.3, -0.25) is 4.79 Å². The summed E-state index contributed by atoms with van der Waals surface area (Å²) in [5.74, 6) is 0.224. The maximum absolute atomic E-state index is 13.1. The van der Waals surface area contributed by atoms with Crippen LogP contribution in [0.5, 0.6) is 0 Å². The van der Waals surface area contributed by atoms with Crippen LogP contribution in [0.15, 0.2) is 24.3 Å². The average molecular weight is 301 g/mol. The first-order chi connectivity index (χ1) is 9.11. The first-order valence-electron chi connectivity index (χ1n) is 6.81. The lowest BCUT2D eigenvalue weighted by molar-refractivity contribution is -0.135. The van der Waals surface area contributed by atoms with Crippen LogP contribution < -0.4 is 5.73 Å². The Morgan fingerprint density at radius 1 is 1.45 bits per heavy atom. The van der Waals surface area contributed by atoms with Gasteiger partial charge in [-0.2, -0.15) is 0 Å². The smallest absolute Gasteiger partial charge is 0.226 e. The number of hydrogen-bond donors (Lipinski definition) is 1. The van der Waals surface area contributed by atoms with E-state index < -0.39 is 0 Å². The summed E-state index contributed by atoms with van der Waals surface area (Å²) in [6.45, 7) is 1.02. The van der Waals surface area contributed by atoms with Crippen molar-refractivity contribution in [3.05, 3.63) is 35.6 Å². The van der Waals surface area contributed by atoms with Crippen molar-refractivity contribution in [2.75, 3.05) is 13.6 Å². The summed E-state index contributed by atoms with van der Waals surface area (Å²) in [4.78, 5) is 14.1. The summed E-state index contributed by atoms with van der Waals surface area (Å²) in [5.41, 5.74) is 6.53. The number of carbonyl (C=O) groups is 1. The molecule has 0 unspecified atom stereocenters. The Kier molecular flexibility index (Phi) is 6.43. The van der Waals surface area contributed by atoms with E-state index in [1.165, 1.54) is 12.1 Å². The summed E-state index contributed by atoms with van der Waals surface area (Å²) >= 11 is 0. The Bertz CT molecular complexity index is 455. The van der Waals surface area contributed by atoms with Gasteiger partial charge < -0.3 is 10.6 Å². The molecule has 112 valence electrons. The van der Waals surface area contributed by atoms with Gasteiger partial charge in [0.2, 0.25) is 5.91 Å². The third-order valence-corrected chi connectivity index (χ3v) is 3.96. The molecule has 1 aliphatic rings. The van der Waals surface area contributed by atoms with Gasteiger partial charge in [0.1, 0.15) is 5.82 Å². The molecule has 0 spiro atoms. The molecule has 2 rings (SSSR count). The van der Waals surface area contributed by atoms with Gasteiger partial charge in [-0.25, -0.2) is 4.39 Å². The van der Waals surface area contributed by atoms with E-state index in [1.807, 2.05) is 6.07 Å². The second-order valence-corrected chi connectivity index (χ2v) is 5.36. The zero-order valence-corrected chi connectivity index (χ0v) is 12.5. The molecule has 1 amide bonds. The molecule has 0 saturated heterocycles. The number of amides is 1. The highest BCUT2D eigenvalue weighted by molar-refractivity contribution is 5.85. The Hall–Kier alpha value is -1.13. The molecular weight excluding hydrogens is 279 g/mol. The number of nitrogens with two attached hydrogens (primary N) is 1. The summed E-state index contributed by atoms with van der Waals surface area (Å²) in [5, 5.41) is 0. The predicted molar refractivity (Wildman–Crippen MR) is 80.0 cm³/mol. The number of hydrogen-bond acceptors (Lipinski definition) is 2. The standard InChI is InChI=1S/C15H21FN2O.ClH/c1-18(10-11-4-2-6-13(16)8-11)15(19)14-7-3-5-12(14)9-17;/h2,4,6,8,12,14H,3,5,7,9-10,17H2,1H3;1H/t12-,14-;/m1./s1. The molecule has 1 aliphatic carbocycles. The van der Waals surface area contributed by atoms with Crippen LogP contribution in [0.25, 0.3) is 0 Å². The van der Waals surface area contributed by atoms with E-state index in [2.05, 4.69) is 0 Å². The van der Waals surface area contributed by atoms with Crippen LogP contribution >= 0.6 is 12.4 Å². The first-order valence-corrected chi connectivity index (χ1v) is 6.81. The van der Waals surface area contributed by atoms with Gasteiger partial charge in [0.05, 0.1) is 0 Å². The van der Waals surface area contributed by atoms with Crippen molar-refractivity contribution >= 4 is 18.3 Å². The number of nitrogens with zero attached hydrogens (tertiary/aromatic N) is 1. The Labute approximate surface area is 125 Å². The van der Waals surface area contributed by atoms with E-state index in [0.717, 1.165) is 24.8 Å². The molecule has 0 aliphatic heterocycles. The van der Waals surface area contributed by atoms with Crippen molar-refractivity contribution in [1.82, 2.24) is 4.90 Å². The molecule has 0 aromatic heterocycles. The van der Waals surface area contributed by atoms with E-state index in [4.69, 9.17) is 5.73 Å². The minimum Gasteiger partial charge on any atom is -0.341 e. The van der Waals surface area contributed by atoms with Crippen LogP contribution in [-0.4, -0.2) is 24.4 Å². The minimum absolute atomic E-state index is 0. The van der Waals surface area contributed by atoms with Gasteiger partial charge >= 0.3 is 0 Å². The molecule has 0 heterocycles. The molecule has 20 heavy (non-hydrogen) atoms. The summed E-state index contributed by atoms with van der Waals surface area (Å²) in [6.07, 6.45) is 3.04. The van der Waals surface area contributed by atoms with Crippen LogP contribution in [0, 0.1) is 17.7 Å². The lowest BCUT2D eigenvalue weighted by Gasteiger charge is -2.24. The monoisotopic (exact) mass is 300 g/mol. The normalized spacial score (nSPS) is 21.4. The van der Waals surface area contributed by atoms with Gasteiger partial charge in [0.25, 0.3) is 0 Å². The highest BCUT2D eigenvalue weighted by atomic mass is 35.5. The van der Waals surface area contributed by atoms with Crippen LogP contribution in [-0.2, 0) is 11.3 Å². The molecule has 1 aromatic rings.